The molecule has 3 heterocycles. The van der Waals surface area contributed by atoms with Crippen molar-refractivity contribution in [2.75, 3.05) is 6.61 Å². The molecular formula is C15H14ClN3O3S. The first-order valence-electron chi connectivity index (χ1n) is 7.26. The van der Waals surface area contributed by atoms with Gasteiger partial charge in [-0.1, -0.05) is 23.7 Å². The van der Waals surface area contributed by atoms with Crippen molar-refractivity contribution in [3.05, 3.63) is 34.1 Å². The van der Waals surface area contributed by atoms with Crippen LogP contribution in [0.3, 0.4) is 0 Å². The molecule has 2 bridgehead atoms. The molecule has 0 radical (unpaired) electrons. The van der Waals surface area contributed by atoms with E-state index >= 15 is 0 Å². The average Bonchev–Trinajstić information content (AvgIpc) is 3.09. The van der Waals surface area contributed by atoms with Crippen molar-refractivity contribution in [3.63, 3.8) is 0 Å². The molecule has 2 aromatic rings. The number of nitrogens with zero attached hydrogens (tertiary/aromatic N) is 3. The molecule has 0 spiro atoms. The number of carbonyl (C=O) groups excluding carboxylic acids is 1. The van der Waals surface area contributed by atoms with E-state index in [0.717, 1.165) is 5.56 Å². The quantitative estimate of drug-likeness (QED) is 0.778. The molecule has 0 amide bonds. The molecule has 0 N–H and O–H groups in total. The van der Waals surface area contributed by atoms with Crippen LogP contribution in [-0.2, 0) is 21.3 Å². The largest absolute Gasteiger partial charge is 0.343 e. The number of ketones is 1. The van der Waals surface area contributed by atoms with Crippen molar-refractivity contribution < 1.29 is 14.3 Å². The van der Waals surface area contributed by atoms with Crippen LogP contribution in [0.5, 0.6) is 0 Å². The Bertz CT molecular complexity index is 847. The maximum absolute atomic E-state index is 12.0. The molecule has 120 valence electrons. The summed E-state index contributed by atoms with van der Waals surface area (Å²) in [7, 11) is 1.84. The fourth-order valence-electron chi connectivity index (χ4n) is 3.02. The average molecular weight is 352 g/mol. The van der Waals surface area contributed by atoms with E-state index in [1.54, 1.807) is 9.25 Å². The van der Waals surface area contributed by atoms with Crippen LogP contribution in [-0.4, -0.2) is 39.1 Å². The standard InChI is InChI=1S/C15H14ClN3O3S/c1-18-13(8-4-2-3-5-9(8)16)17-19(15(18)23)10-6-11(20)14-21-7-12(10)22-14/h2-5,10,12,14H,6-7H2,1H3/t10-,12-,14-/m1/s1. The third kappa shape index (κ3) is 2.35. The van der Waals surface area contributed by atoms with Gasteiger partial charge in [-0.05, 0) is 24.4 Å². The Labute approximate surface area is 142 Å². The van der Waals surface area contributed by atoms with E-state index in [2.05, 4.69) is 5.10 Å². The molecule has 1 aromatic carbocycles. The number of fused-ring (bicyclic) bond motifs is 2. The second-order valence-electron chi connectivity index (χ2n) is 5.67. The van der Waals surface area contributed by atoms with E-state index in [9.17, 15) is 4.79 Å². The van der Waals surface area contributed by atoms with Gasteiger partial charge in [-0.3, -0.25) is 4.79 Å². The third-order valence-corrected chi connectivity index (χ3v) is 5.04. The van der Waals surface area contributed by atoms with Gasteiger partial charge in [0, 0.05) is 19.0 Å². The SMILES string of the molecule is Cn1c(-c2ccccc2Cl)nn([C@@H]2CC(=O)[C@@H]3OC[C@H]2O3)c1=S. The summed E-state index contributed by atoms with van der Waals surface area (Å²) in [4.78, 5) is 12.0. The van der Waals surface area contributed by atoms with Gasteiger partial charge in [0.1, 0.15) is 6.10 Å². The minimum atomic E-state index is -0.725. The summed E-state index contributed by atoms with van der Waals surface area (Å²) >= 11 is 11.8. The van der Waals surface area contributed by atoms with Gasteiger partial charge in [0.2, 0.25) is 6.29 Å². The molecule has 2 aliphatic rings. The summed E-state index contributed by atoms with van der Waals surface area (Å²) in [5.74, 6) is 0.588. The van der Waals surface area contributed by atoms with E-state index in [1.807, 2.05) is 31.3 Å². The van der Waals surface area contributed by atoms with Crippen LogP contribution in [0.4, 0.5) is 0 Å². The van der Waals surface area contributed by atoms with Crippen LogP contribution >= 0.6 is 23.8 Å². The molecule has 3 atom stereocenters. The Balaban J connectivity index is 1.79. The lowest BCUT2D eigenvalue weighted by molar-refractivity contribution is -0.156. The molecule has 2 aliphatic heterocycles. The molecule has 8 heteroatoms. The lowest BCUT2D eigenvalue weighted by Crippen LogP contribution is -2.37. The predicted molar refractivity (Wildman–Crippen MR) is 85.8 cm³/mol. The maximum atomic E-state index is 12.0. The van der Waals surface area contributed by atoms with E-state index in [0.29, 0.717) is 28.6 Å². The minimum Gasteiger partial charge on any atom is -0.343 e. The Morgan fingerprint density at radius 3 is 2.96 bits per heavy atom. The van der Waals surface area contributed by atoms with Gasteiger partial charge < -0.3 is 14.0 Å². The predicted octanol–water partition coefficient (Wildman–Crippen LogP) is 2.53. The normalized spacial score (nSPS) is 26.7. The lowest BCUT2D eigenvalue weighted by Gasteiger charge is -2.26. The molecule has 0 saturated carbocycles. The van der Waals surface area contributed by atoms with Crippen molar-refractivity contribution in [3.8, 4) is 11.4 Å². The molecule has 6 nitrogen and oxygen atoms in total. The molecule has 1 aromatic heterocycles. The summed E-state index contributed by atoms with van der Waals surface area (Å²) in [6, 6.07) is 7.20. The summed E-state index contributed by atoms with van der Waals surface area (Å²) in [5.41, 5.74) is 0.796. The van der Waals surface area contributed by atoms with Crippen LogP contribution in [0, 0.1) is 4.77 Å². The van der Waals surface area contributed by atoms with E-state index in [4.69, 9.17) is 33.3 Å². The fraction of sp³-hybridized carbons (Fsp3) is 0.400. The Kier molecular flexibility index (Phi) is 3.60. The smallest absolute Gasteiger partial charge is 0.218 e. The molecule has 0 unspecified atom stereocenters. The molecular weight excluding hydrogens is 338 g/mol. The number of ether oxygens (including phenoxy) is 2. The summed E-state index contributed by atoms with van der Waals surface area (Å²) in [5, 5.41) is 5.22. The van der Waals surface area contributed by atoms with Gasteiger partial charge in [-0.2, -0.15) is 5.10 Å². The van der Waals surface area contributed by atoms with Gasteiger partial charge in [-0.25, -0.2) is 4.68 Å². The lowest BCUT2D eigenvalue weighted by atomic mass is 10.0. The third-order valence-electron chi connectivity index (χ3n) is 4.24. The molecule has 2 fully saturated rings. The van der Waals surface area contributed by atoms with Gasteiger partial charge in [0.25, 0.3) is 0 Å². The zero-order valence-electron chi connectivity index (χ0n) is 12.3. The van der Waals surface area contributed by atoms with Crippen LogP contribution in [0.15, 0.2) is 24.3 Å². The highest BCUT2D eigenvalue weighted by molar-refractivity contribution is 7.71. The highest BCUT2D eigenvalue weighted by Crippen LogP contribution is 2.34. The highest BCUT2D eigenvalue weighted by Gasteiger charge is 2.45. The van der Waals surface area contributed by atoms with Gasteiger partial charge in [-0.15, -0.1) is 0 Å². The van der Waals surface area contributed by atoms with Crippen LogP contribution in [0.1, 0.15) is 12.5 Å². The number of carbonyl (C=O) groups is 1. The Morgan fingerprint density at radius 2 is 2.17 bits per heavy atom. The number of hydrogen-bond acceptors (Lipinski definition) is 5. The number of halogens is 1. The number of benzene rings is 1. The van der Waals surface area contributed by atoms with Gasteiger partial charge in [0.15, 0.2) is 16.4 Å². The second kappa shape index (κ2) is 5.52. The Morgan fingerprint density at radius 1 is 1.39 bits per heavy atom. The van der Waals surface area contributed by atoms with Crippen molar-refractivity contribution in [1.29, 1.82) is 0 Å². The Hall–Kier alpha value is -1.54. The zero-order valence-corrected chi connectivity index (χ0v) is 13.9. The number of Topliss-reactive ketones (excluding diaryl/α,β-unsaturated/α-hetero) is 1. The highest BCUT2D eigenvalue weighted by atomic mass is 35.5. The number of hydrogen-bond donors (Lipinski definition) is 0. The van der Waals surface area contributed by atoms with Crippen LogP contribution in [0.2, 0.25) is 5.02 Å². The summed E-state index contributed by atoms with van der Waals surface area (Å²) < 4.78 is 14.9. The maximum Gasteiger partial charge on any atom is 0.218 e. The number of aromatic nitrogens is 3. The van der Waals surface area contributed by atoms with Crippen molar-refractivity contribution in [2.24, 2.45) is 7.05 Å². The first-order chi connectivity index (χ1) is 11.1. The first-order valence-corrected chi connectivity index (χ1v) is 8.05. The zero-order chi connectivity index (χ0) is 16.1. The molecule has 23 heavy (non-hydrogen) atoms. The first kappa shape index (κ1) is 15.0. The molecule has 2 saturated heterocycles. The molecule has 4 rings (SSSR count). The van der Waals surface area contributed by atoms with Gasteiger partial charge in [0.05, 0.1) is 17.7 Å². The summed E-state index contributed by atoms with van der Waals surface area (Å²) in [6.45, 7) is 0.376. The van der Waals surface area contributed by atoms with Gasteiger partial charge >= 0.3 is 0 Å². The summed E-state index contributed by atoms with van der Waals surface area (Å²) in [6.07, 6.45) is -0.627. The van der Waals surface area contributed by atoms with Crippen molar-refractivity contribution >= 4 is 29.6 Å². The monoisotopic (exact) mass is 351 g/mol. The van der Waals surface area contributed by atoms with Crippen LogP contribution < -0.4 is 0 Å². The van der Waals surface area contributed by atoms with E-state index in [1.165, 1.54) is 0 Å². The van der Waals surface area contributed by atoms with E-state index < -0.39 is 6.29 Å². The minimum absolute atomic E-state index is 0.0735. The topological polar surface area (TPSA) is 58.3 Å². The van der Waals surface area contributed by atoms with E-state index in [-0.39, 0.29) is 17.9 Å². The molecule has 0 aliphatic carbocycles. The van der Waals surface area contributed by atoms with Crippen molar-refractivity contribution in [1.82, 2.24) is 14.3 Å². The second-order valence-corrected chi connectivity index (χ2v) is 6.44. The fourth-order valence-corrected chi connectivity index (χ4v) is 3.50. The van der Waals surface area contributed by atoms with Crippen LogP contribution in [0.25, 0.3) is 11.4 Å². The van der Waals surface area contributed by atoms with Crippen molar-refractivity contribution in [2.45, 2.75) is 24.9 Å². The number of rotatable bonds is 2.